The number of carbonyl (C=O) groups is 2. The van der Waals surface area contributed by atoms with E-state index in [1.807, 2.05) is 0 Å². The minimum Gasteiger partial charge on any atom is -0.484 e. The molecule has 25 heavy (non-hydrogen) atoms. The summed E-state index contributed by atoms with van der Waals surface area (Å²) in [5.41, 5.74) is -0.0537. The molecule has 1 aliphatic rings. The molecule has 2 aromatic rings. The average molecular weight is 346 g/mol. The Labute approximate surface area is 143 Å². The second kappa shape index (κ2) is 6.16. The predicted molar refractivity (Wildman–Crippen MR) is 88.5 cm³/mol. The van der Waals surface area contributed by atoms with Crippen molar-refractivity contribution in [1.29, 1.82) is 0 Å². The molecule has 0 aliphatic carbocycles. The molecule has 1 aliphatic heterocycles. The molecule has 3 rings (SSSR count). The van der Waals surface area contributed by atoms with Crippen LogP contribution >= 0.6 is 0 Å². The van der Waals surface area contributed by atoms with E-state index in [0.717, 1.165) is 12.1 Å². The largest absolute Gasteiger partial charge is 0.484 e. The first-order valence-corrected chi connectivity index (χ1v) is 7.62. The molecule has 0 bridgehead atoms. The Kier molecular flexibility index (Phi) is 4.16. The second-order valence-corrected chi connectivity index (χ2v) is 6.12. The number of amides is 2. The van der Waals surface area contributed by atoms with Gasteiger partial charge >= 0.3 is 0 Å². The molecule has 0 fully saturated rings. The molecule has 0 unspecified atom stereocenters. The monoisotopic (exact) mass is 346 g/mol. The van der Waals surface area contributed by atoms with E-state index in [0.29, 0.717) is 11.4 Å². The number of rotatable bonds is 3. The van der Waals surface area contributed by atoms with Gasteiger partial charge in [-0.2, -0.15) is 0 Å². The van der Waals surface area contributed by atoms with Crippen LogP contribution in [-0.2, 0) is 9.59 Å². The summed E-state index contributed by atoms with van der Waals surface area (Å²) in [7, 11) is 0. The number of hydrogen-bond donors (Lipinski definition) is 1. The third-order valence-electron chi connectivity index (χ3n) is 4.01. The van der Waals surface area contributed by atoms with Gasteiger partial charge in [-0.1, -0.05) is 12.1 Å². The maximum Gasteiger partial charge on any atom is 0.265 e. The van der Waals surface area contributed by atoms with Gasteiger partial charge in [0.05, 0.1) is 11.4 Å². The smallest absolute Gasteiger partial charge is 0.265 e. The van der Waals surface area contributed by atoms with E-state index in [9.17, 15) is 18.4 Å². The molecular weight excluding hydrogens is 330 g/mol. The van der Waals surface area contributed by atoms with Crippen LogP contribution in [0.2, 0.25) is 0 Å². The lowest BCUT2D eigenvalue weighted by atomic mass is 9.96. The van der Waals surface area contributed by atoms with Gasteiger partial charge in [0.1, 0.15) is 11.3 Å². The fourth-order valence-corrected chi connectivity index (χ4v) is 2.67. The highest BCUT2D eigenvalue weighted by molar-refractivity contribution is 6.14. The summed E-state index contributed by atoms with van der Waals surface area (Å²) in [6.45, 7) is 2.82. The van der Waals surface area contributed by atoms with Gasteiger partial charge in [0.15, 0.2) is 18.2 Å². The zero-order chi connectivity index (χ0) is 18.2. The maximum absolute atomic E-state index is 13.2. The lowest BCUT2D eigenvalue weighted by Crippen LogP contribution is -2.59. The van der Waals surface area contributed by atoms with Crippen molar-refractivity contribution < 1.29 is 23.1 Å². The quantitative estimate of drug-likeness (QED) is 0.929. The van der Waals surface area contributed by atoms with E-state index in [2.05, 4.69) is 5.32 Å². The van der Waals surface area contributed by atoms with Crippen LogP contribution in [0.4, 0.5) is 20.2 Å². The molecule has 2 aromatic carbocycles. The summed E-state index contributed by atoms with van der Waals surface area (Å²) in [6.07, 6.45) is 0. The number of benzene rings is 2. The molecule has 2 amide bonds. The summed E-state index contributed by atoms with van der Waals surface area (Å²) in [5.74, 6) is -2.83. The third-order valence-corrected chi connectivity index (χ3v) is 4.01. The molecule has 0 spiro atoms. The molecule has 0 aromatic heterocycles. The van der Waals surface area contributed by atoms with Crippen molar-refractivity contribution in [3.8, 4) is 5.75 Å². The van der Waals surface area contributed by atoms with Crippen LogP contribution in [0.3, 0.4) is 0 Å². The van der Waals surface area contributed by atoms with Crippen LogP contribution in [-0.4, -0.2) is 24.0 Å². The normalized spacial score (nSPS) is 15.4. The first-order valence-electron chi connectivity index (χ1n) is 7.62. The Balaban J connectivity index is 1.84. The van der Waals surface area contributed by atoms with E-state index < -0.39 is 29.7 Å². The first kappa shape index (κ1) is 16.9. The Bertz CT molecular complexity index is 852. The molecule has 5 nitrogen and oxygen atoms in total. The summed E-state index contributed by atoms with van der Waals surface area (Å²) >= 11 is 0. The van der Waals surface area contributed by atoms with Crippen molar-refractivity contribution in [2.45, 2.75) is 19.4 Å². The Morgan fingerprint density at radius 2 is 1.88 bits per heavy atom. The lowest BCUT2D eigenvalue weighted by Gasteiger charge is -2.41. The summed E-state index contributed by atoms with van der Waals surface area (Å²) in [6, 6.07) is 9.92. The van der Waals surface area contributed by atoms with Gasteiger partial charge in [-0.05, 0) is 38.1 Å². The number of carbonyl (C=O) groups excluding carboxylic acids is 2. The SMILES string of the molecule is CC1(C)C(=O)Nc2ccccc2N1C(=O)COc1ccc(F)c(F)c1. The molecule has 0 atom stereocenters. The predicted octanol–water partition coefficient (Wildman–Crippen LogP) is 3.11. The number of hydrogen-bond acceptors (Lipinski definition) is 3. The number of anilines is 2. The fraction of sp³-hybridized carbons (Fsp3) is 0.222. The van der Waals surface area contributed by atoms with Crippen LogP contribution in [0.25, 0.3) is 0 Å². The summed E-state index contributed by atoms with van der Waals surface area (Å²) < 4.78 is 31.4. The van der Waals surface area contributed by atoms with E-state index in [1.54, 1.807) is 38.1 Å². The molecule has 0 radical (unpaired) electrons. The summed E-state index contributed by atoms with van der Waals surface area (Å²) in [5, 5.41) is 2.76. The average Bonchev–Trinajstić information content (AvgIpc) is 2.56. The van der Waals surface area contributed by atoms with Gasteiger partial charge < -0.3 is 10.1 Å². The Hall–Kier alpha value is -2.96. The minimum absolute atomic E-state index is 0.0276. The number of ether oxygens (including phenoxy) is 1. The zero-order valence-corrected chi connectivity index (χ0v) is 13.7. The van der Waals surface area contributed by atoms with Crippen molar-refractivity contribution in [2.75, 3.05) is 16.8 Å². The highest BCUT2D eigenvalue weighted by atomic mass is 19.2. The number of nitrogens with zero attached hydrogens (tertiary/aromatic N) is 1. The first-order chi connectivity index (χ1) is 11.8. The van der Waals surface area contributed by atoms with Gasteiger partial charge in [0.2, 0.25) is 5.91 Å². The number of fused-ring (bicyclic) bond motifs is 1. The molecule has 0 saturated heterocycles. The Morgan fingerprint density at radius 3 is 2.60 bits per heavy atom. The van der Waals surface area contributed by atoms with Crippen molar-refractivity contribution in [2.24, 2.45) is 0 Å². The molecule has 1 N–H and O–H groups in total. The standard InChI is InChI=1S/C18H16F2N2O3/c1-18(2)17(24)21-14-5-3-4-6-15(14)22(18)16(23)10-25-11-7-8-12(19)13(20)9-11/h3-9H,10H2,1-2H3,(H,21,24). The van der Waals surface area contributed by atoms with Gasteiger partial charge in [0.25, 0.3) is 5.91 Å². The molecule has 130 valence electrons. The topological polar surface area (TPSA) is 58.6 Å². The van der Waals surface area contributed by atoms with Crippen LogP contribution in [0, 0.1) is 11.6 Å². The van der Waals surface area contributed by atoms with Crippen LogP contribution in [0.15, 0.2) is 42.5 Å². The van der Waals surface area contributed by atoms with E-state index in [1.165, 1.54) is 11.0 Å². The van der Waals surface area contributed by atoms with Crippen molar-refractivity contribution in [3.63, 3.8) is 0 Å². The van der Waals surface area contributed by atoms with Gasteiger partial charge in [0, 0.05) is 6.07 Å². The minimum atomic E-state index is -1.12. The number of nitrogens with one attached hydrogen (secondary N) is 1. The van der Waals surface area contributed by atoms with Gasteiger partial charge in [-0.25, -0.2) is 8.78 Å². The third kappa shape index (κ3) is 3.05. The maximum atomic E-state index is 13.2. The van der Waals surface area contributed by atoms with Crippen LogP contribution in [0.5, 0.6) is 5.75 Å². The second-order valence-electron chi connectivity index (χ2n) is 6.12. The van der Waals surface area contributed by atoms with Crippen molar-refractivity contribution in [3.05, 3.63) is 54.1 Å². The fourth-order valence-electron chi connectivity index (χ4n) is 2.67. The number of para-hydroxylation sites is 2. The lowest BCUT2D eigenvalue weighted by molar-refractivity contribution is -0.127. The molecular formula is C18H16F2N2O3. The van der Waals surface area contributed by atoms with Gasteiger partial charge in [-0.3, -0.25) is 14.5 Å². The van der Waals surface area contributed by atoms with Gasteiger partial charge in [-0.15, -0.1) is 0 Å². The van der Waals surface area contributed by atoms with Crippen LogP contribution in [0.1, 0.15) is 13.8 Å². The molecule has 0 saturated carbocycles. The zero-order valence-electron chi connectivity index (χ0n) is 13.7. The number of halogens is 2. The highest BCUT2D eigenvalue weighted by Crippen LogP contribution is 2.36. The van der Waals surface area contributed by atoms with E-state index in [-0.39, 0.29) is 11.7 Å². The summed E-state index contributed by atoms with van der Waals surface area (Å²) in [4.78, 5) is 26.4. The van der Waals surface area contributed by atoms with Crippen molar-refractivity contribution in [1.82, 2.24) is 0 Å². The molecule has 1 heterocycles. The van der Waals surface area contributed by atoms with E-state index >= 15 is 0 Å². The Morgan fingerprint density at radius 1 is 1.16 bits per heavy atom. The van der Waals surface area contributed by atoms with Crippen molar-refractivity contribution >= 4 is 23.2 Å². The van der Waals surface area contributed by atoms with Crippen LogP contribution < -0.4 is 15.0 Å². The van der Waals surface area contributed by atoms with E-state index in [4.69, 9.17) is 4.74 Å². The molecule has 7 heteroatoms. The highest BCUT2D eigenvalue weighted by Gasteiger charge is 2.43.